The lowest BCUT2D eigenvalue weighted by atomic mass is 10.1. The highest BCUT2D eigenvalue weighted by Crippen LogP contribution is 2.32. The van der Waals surface area contributed by atoms with Gasteiger partial charge in [0.2, 0.25) is 0 Å². The van der Waals surface area contributed by atoms with Crippen molar-refractivity contribution in [1.29, 1.82) is 0 Å². The van der Waals surface area contributed by atoms with Crippen molar-refractivity contribution in [2.45, 2.75) is 18.1 Å². The van der Waals surface area contributed by atoms with E-state index in [1.54, 1.807) is 0 Å². The van der Waals surface area contributed by atoms with Crippen molar-refractivity contribution in [3.63, 3.8) is 0 Å². The van der Waals surface area contributed by atoms with Gasteiger partial charge in [-0.25, -0.2) is 4.98 Å². The number of hydrogen-bond acceptors (Lipinski definition) is 5. The Balaban J connectivity index is 3.19. The van der Waals surface area contributed by atoms with Crippen LogP contribution in [0.2, 0.25) is 0 Å². The van der Waals surface area contributed by atoms with Gasteiger partial charge in [-0.05, 0) is 11.6 Å². The van der Waals surface area contributed by atoms with Crippen LogP contribution >= 0.6 is 15.9 Å². The fourth-order valence-corrected chi connectivity index (χ4v) is 1.86. The van der Waals surface area contributed by atoms with Crippen LogP contribution < -0.4 is 9.47 Å². The number of aromatic nitrogens is 1. The van der Waals surface area contributed by atoms with Crippen molar-refractivity contribution in [2.75, 3.05) is 14.2 Å². The topological polar surface area (TPSA) is 57.7 Å². The van der Waals surface area contributed by atoms with E-state index in [0.717, 1.165) is 0 Å². The van der Waals surface area contributed by atoms with E-state index in [9.17, 15) is 18.0 Å². The third kappa shape index (κ3) is 4.55. The van der Waals surface area contributed by atoms with Crippen LogP contribution in [0.1, 0.15) is 11.3 Å². The molecule has 0 radical (unpaired) electrons. The number of carbonyl (C=O) groups is 1. The first-order chi connectivity index (χ1) is 9.30. The summed E-state index contributed by atoms with van der Waals surface area (Å²) in [6.07, 6.45) is -5.01. The molecule has 0 saturated heterocycles. The number of pyridine rings is 1. The number of ether oxygens (including phenoxy) is 3. The van der Waals surface area contributed by atoms with Crippen LogP contribution in [0.4, 0.5) is 13.2 Å². The second-order valence-corrected chi connectivity index (χ2v) is 4.10. The average molecular weight is 358 g/mol. The second-order valence-electron chi connectivity index (χ2n) is 3.54. The molecule has 20 heavy (non-hydrogen) atoms. The van der Waals surface area contributed by atoms with Gasteiger partial charge in [0.15, 0.2) is 5.75 Å². The number of rotatable bonds is 5. The van der Waals surface area contributed by atoms with E-state index in [0.29, 0.717) is 5.56 Å². The van der Waals surface area contributed by atoms with Crippen molar-refractivity contribution in [3.8, 4) is 11.6 Å². The Hall–Kier alpha value is -1.51. The van der Waals surface area contributed by atoms with Crippen LogP contribution in [-0.2, 0) is 21.3 Å². The molecule has 1 aromatic rings. The molecular weight excluding hydrogens is 347 g/mol. The first-order valence-electron chi connectivity index (χ1n) is 5.26. The zero-order valence-corrected chi connectivity index (χ0v) is 12.2. The van der Waals surface area contributed by atoms with Gasteiger partial charge >= 0.3 is 12.3 Å². The average Bonchev–Trinajstić information content (AvgIpc) is 2.37. The minimum absolute atomic E-state index is 0.132. The number of halogens is 4. The third-order valence-electron chi connectivity index (χ3n) is 2.24. The van der Waals surface area contributed by atoms with Gasteiger partial charge in [-0.15, -0.1) is 13.2 Å². The molecule has 0 atom stereocenters. The Bertz CT molecular complexity index is 493. The molecule has 9 heteroatoms. The van der Waals surface area contributed by atoms with Gasteiger partial charge in [-0.2, -0.15) is 0 Å². The van der Waals surface area contributed by atoms with E-state index in [1.807, 2.05) is 0 Å². The van der Waals surface area contributed by atoms with Gasteiger partial charge in [-0.3, -0.25) is 4.79 Å². The predicted molar refractivity (Wildman–Crippen MR) is 65.8 cm³/mol. The number of esters is 1. The summed E-state index contributed by atoms with van der Waals surface area (Å²) >= 11 is 3.09. The van der Waals surface area contributed by atoms with E-state index >= 15 is 0 Å². The molecule has 0 bridgehead atoms. The highest BCUT2D eigenvalue weighted by atomic mass is 79.9. The lowest BCUT2D eigenvalue weighted by Crippen LogP contribution is -2.19. The molecule has 0 amide bonds. The zero-order valence-electron chi connectivity index (χ0n) is 10.6. The van der Waals surface area contributed by atoms with Gasteiger partial charge in [0.05, 0.1) is 26.3 Å². The molecule has 0 saturated carbocycles. The Morgan fingerprint density at radius 1 is 1.40 bits per heavy atom. The van der Waals surface area contributed by atoms with E-state index in [1.165, 1.54) is 20.3 Å². The second kappa shape index (κ2) is 6.78. The lowest BCUT2D eigenvalue weighted by molar-refractivity contribution is -0.276. The number of methoxy groups -OCH3 is 2. The molecule has 1 rings (SSSR count). The summed E-state index contributed by atoms with van der Waals surface area (Å²) in [5.74, 6) is -1.46. The van der Waals surface area contributed by atoms with Crippen LogP contribution in [0.25, 0.3) is 0 Å². The summed E-state index contributed by atoms with van der Waals surface area (Å²) in [5, 5.41) is 0.150. The van der Waals surface area contributed by atoms with Gasteiger partial charge in [0.25, 0.3) is 5.88 Å². The summed E-state index contributed by atoms with van der Waals surface area (Å²) in [4.78, 5) is 15.0. The maximum atomic E-state index is 12.3. The molecule has 0 aliphatic rings. The molecule has 0 aliphatic carbocycles. The molecule has 1 aromatic heterocycles. The van der Waals surface area contributed by atoms with Gasteiger partial charge in [0.1, 0.15) is 0 Å². The first kappa shape index (κ1) is 16.5. The van der Waals surface area contributed by atoms with Crippen LogP contribution in [-0.4, -0.2) is 31.5 Å². The largest absolute Gasteiger partial charge is 0.574 e. The molecule has 0 aliphatic heterocycles. The molecule has 1 heterocycles. The fraction of sp³-hybridized carbons (Fsp3) is 0.455. The van der Waals surface area contributed by atoms with Crippen LogP contribution in [0, 0.1) is 0 Å². The highest BCUT2D eigenvalue weighted by molar-refractivity contribution is 9.08. The lowest BCUT2D eigenvalue weighted by Gasteiger charge is -2.14. The number of alkyl halides is 4. The summed E-state index contributed by atoms with van der Waals surface area (Å²) in [6.45, 7) is 0. The van der Waals surface area contributed by atoms with Crippen LogP contribution in [0.5, 0.6) is 11.6 Å². The molecule has 0 N–H and O–H groups in total. The molecule has 5 nitrogen and oxygen atoms in total. The Morgan fingerprint density at radius 2 is 2.05 bits per heavy atom. The normalized spacial score (nSPS) is 11.1. The minimum Gasteiger partial charge on any atom is -0.491 e. The molecule has 112 valence electrons. The fourth-order valence-electron chi connectivity index (χ4n) is 1.38. The SMILES string of the molecule is COC(=O)Cc1cc(OC)c(OC(F)(F)F)nc1CBr. The van der Waals surface area contributed by atoms with Crippen molar-refractivity contribution in [3.05, 3.63) is 17.3 Å². The van der Waals surface area contributed by atoms with Gasteiger partial charge < -0.3 is 14.2 Å². The Kier molecular flexibility index (Phi) is 5.61. The van der Waals surface area contributed by atoms with Crippen LogP contribution in [0.3, 0.4) is 0 Å². The predicted octanol–water partition coefficient (Wildman–Crippen LogP) is 2.60. The smallest absolute Gasteiger partial charge is 0.491 e. The first-order valence-corrected chi connectivity index (χ1v) is 6.38. The van der Waals surface area contributed by atoms with E-state index in [2.05, 4.69) is 30.4 Å². The maximum Gasteiger partial charge on any atom is 0.574 e. The van der Waals surface area contributed by atoms with Crippen molar-refractivity contribution in [2.24, 2.45) is 0 Å². The number of nitrogens with zero attached hydrogens (tertiary/aromatic N) is 1. The zero-order chi connectivity index (χ0) is 15.3. The highest BCUT2D eigenvalue weighted by Gasteiger charge is 2.34. The standard InChI is InChI=1S/C11H11BrF3NO4/c1-18-8-3-6(4-9(17)19-2)7(5-12)16-10(8)20-11(13,14)15/h3H,4-5H2,1-2H3. The molecular formula is C11H11BrF3NO4. The quantitative estimate of drug-likeness (QED) is 0.598. The van der Waals surface area contributed by atoms with E-state index < -0.39 is 18.2 Å². The molecule has 0 fully saturated rings. The van der Waals surface area contributed by atoms with E-state index in [4.69, 9.17) is 4.74 Å². The van der Waals surface area contributed by atoms with Gasteiger partial charge in [-0.1, -0.05) is 15.9 Å². The Morgan fingerprint density at radius 3 is 2.50 bits per heavy atom. The van der Waals surface area contributed by atoms with Crippen molar-refractivity contribution in [1.82, 2.24) is 4.98 Å². The van der Waals surface area contributed by atoms with Crippen LogP contribution in [0.15, 0.2) is 6.07 Å². The summed E-state index contributed by atoms with van der Waals surface area (Å²) in [6, 6.07) is 1.27. The number of hydrogen-bond donors (Lipinski definition) is 0. The monoisotopic (exact) mass is 357 g/mol. The molecule has 0 unspecified atom stereocenters. The molecule has 0 spiro atoms. The summed E-state index contributed by atoms with van der Waals surface area (Å²) in [5.41, 5.74) is 0.621. The molecule has 0 aromatic carbocycles. The third-order valence-corrected chi connectivity index (χ3v) is 2.78. The van der Waals surface area contributed by atoms with E-state index in [-0.39, 0.29) is 23.2 Å². The summed E-state index contributed by atoms with van der Waals surface area (Å²) < 4.78 is 49.8. The number of carbonyl (C=O) groups excluding carboxylic acids is 1. The summed E-state index contributed by atoms with van der Waals surface area (Å²) in [7, 11) is 2.39. The Labute approximate surface area is 121 Å². The van der Waals surface area contributed by atoms with Crippen molar-refractivity contribution < 1.29 is 32.2 Å². The maximum absolute atomic E-state index is 12.3. The van der Waals surface area contributed by atoms with Crippen molar-refractivity contribution >= 4 is 21.9 Å². The minimum atomic E-state index is -4.88. The van der Waals surface area contributed by atoms with Gasteiger partial charge in [0, 0.05) is 5.33 Å².